The van der Waals surface area contributed by atoms with Crippen LogP contribution >= 0.6 is 0 Å². The summed E-state index contributed by atoms with van der Waals surface area (Å²) in [5.41, 5.74) is -0.275. The maximum Gasteiger partial charge on any atom is 0.271 e. The average molecular weight is 432 g/mol. The van der Waals surface area contributed by atoms with Gasteiger partial charge in [-0.05, 0) is 13.8 Å². The normalized spacial score (nSPS) is 15.5. The quantitative estimate of drug-likeness (QED) is 0.646. The molecule has 31 heavy (non-hydrogen) atoms. The minimum atomic E-state index is -2.90. The number of rotatable bonds is 5. The first-order valence-corrected chi connectivity index (χ1v) is 10.0. The molecule has 4 rings (SSSR count). The smallest absolute Gasteiger partial charge is 0.271 e. The summed E-state index contributed by atoms with van der Waals surface area (Å²) in [7, 11) is 0. The topological polar surface area (TPSA) is 75.1 Å². The van der Waals surface area contributed by atoms with Gasteiger partial charge >= 0.3 is 0 Å². The highest BCUT2D eigenvalue weighted by Gasteiger charge is 2.21. The number of alkyl halides is 2. The van der Waals surface area contributed by atoms with E-state index in [1.165, 1.54) is 22.9 Å². The molecule has 1 unspecified atom stereocenters. The van der Waals surface area contributed by atoms with Gasteiger partial charge in [0, 0.05) is 44.0 Å². The lowest BCUT2D eigenvalue weighted by molar-refractivity contribution is 0.146. The number of hydrogen-bond donors (Lipinski definition) is 2. The Kier molecular flexibility index (Phi) is 5.81. The lowest BCUT2D eigenvalue weighted by atomic mass is 10.0. The lowest BCUT2D eigenvalue weighted by Gasteiger charge is -2.30. The molecule has 1 fully saturated rings. The van der Waals surface area contributed by atoms with Crippen LogP contribution < -0.4 is 21.2 Å². The summed E-state index contributed by atoms with van der Waals surface area (Å²) in [4.78, 5) is 21.4. The Labute approximate surface area is 176 Å². The number of pyridine rings is 1. The molecule has 1 aromatic carbocycles. The number of nitrogens with one attached hydrogen (secondary N) is 2. The molecule has 3 heterocycles. The first kappa shape index (κ1) is 21.1. The van der Waals surface area contributed by atoms with E-state index in [1.54, 1.807) is 20.0 Å². The fourth-order valence-corrected chi connectivity index (χ4v) is 3.76. The Morgan fingerprint density at radius 2 is 1.87 bits per heavy atom. The fourth-order valence-electron chi connectivity index (χ4n) is 3.76. The highest BCUT2D eigenvalue weighted by atomic mass is 19.3. The van der Waals surface area contributed by atoms with E-state index >= 15 is 0 Å². The molecular weight excluding hydrogens is 409 g/mol. The first-order chi connectivity index (χ1) is 14.8. The maximum absolute atomic E-state index is 14.6. The van der Waals surface area contributed by atoms with E-state index in [0.29, 0.717) is 35.6 Å². The summed E-state index contributed by atoms with van der Waals surface area (Å²) >= 11 is 0. The van der Waals surface area contributed by atoms with Crippen molar-refractivity contribution in [3.05, 3.63) is 63.6 Å². The Hall–Kier alpha value is -3.14. The van der Waals surface area contributed by atoms with Gasteiger partial charge in [0.2, 0.25) is 0 Å². The minimum absolute atomic E-state index is 0.109. The van der Waals surface area contributed by atoms with Gasteiger partial charge < -0.3 is 15.6 Å². The molecule has 3 aromatic rings. The second-order valence-corrected chi connectivity index (χ2v) is 7.50. The van der Waals surface area contributed by atoms with E-state index in [2.05, 4.69) is 20.6 Å². The molecule has 0 saturated carbocycles. The molecule has 7 nitrogen and oxygen atoms in total. The fraction of sp³-hybridized carbons (Fsp3) is 0.381. The molecule has 0 radical (unpaired) electrons. The van der Waals surface area contributed by atoms with Gasteiger partial charge in [-0.25, -0.2) is 27.8 Å². The predicted molar refractivity (Wildman–Crippen MR) is 113 cm³/mol. The third-order valence-corrected chi connectivity index (χ3v) is 5.34. The summed E-state index contributed by atoms with van der Waals surface area (Å²) in [5.74, 6) is -0.102. The zero-order valence-electron chi connectivity index (χ0n) is 17.2. The van der Waals surface area contributed by atoms with E-state index in [1.807, 2.05) is 5.01 Å². The van der Waals surface area contributed by atoms with Crippen LogP contribution in [0.4, 0.5) is 19.0 Å². The molecule has 0 aliphatic carbocycles. The number of halogens is 3. The lowest BCUT2D eigenvalue weighted by Crippen LogP contribution is -2.52. The zero-order chi connectivity index (χ0) is 22.1. The average Bonchev–Trinajstić information content (AvgIpc) is 2.73. The van der Waals surface area contributed by atoms with Crippen molar-refractivity contribution in [2.45, 2.75) is 26.3 Å². The SMILES string of the molecule is Cc1nc(NC(C)c2cccc(C(F)F)c2F)c2cn(N3CCNCC3)c(=O)cc2n1. The van der Waals surface area contributed by atoms with Crippen molar-refractivity contribution in [3.8, 4) is 0 Å². The van der Waals surface area contributed by atoms with Gasteiger partial charge in [0.15, 0.2) is 0 Å². The first-order valence-electron chi connectivity index (χ1n) is 10.0. The second-order valence-electron chi connectivity index (χ2n) is 7.50. The molecule has 164 valence electrons. The predicted octanol–water partition coefficient (Wildman–Crippen LogP) is 2.89. The molecule has 1 saturated heterocycles. The van der Waals surface area contributed by atoms with Gasteiger partial charge in [0.1, 0.15) is 17.5 Å². The number of nitrogens with zero attached hydrogens (tertiary/aromatic N) is 4. The summed E-state index contributed by atoms with van der Waals surface area (Å²) in [6, 6.07) is 4.75. The molecule has 2 aromatic heterocycles. The Balaban J connectivity index is 1.75. The van der Waals surface area contributed by atoms with E-state index in [0.717, 1.165) is 19.2 Å². The van der Waals surface area contributed by atoms with E-state index in [-0.39, 0.29) is 11.1 Å². The third-order valence-electron chi connectivity index (χ3n) is 5.34. The van der Waals surface area contributed by atoms with Crippen LogP contribution in [-0.2, 0) is 0 Å². The number of benzene rings is 1. The van der Waals surface area contributed by atoms with Crippen LogP contribution in [0.3, 0.4) is 0 Å². The monoisotopic (exact) mass is 432 g/mol. The highest BCUT2D eigenvalue weighted by Crippen LogP contribution is 2.30. The number of anilines is 1. The van der Waals surface area contributed by atoms with Crippen LogP contribution in [0.25, 0.3) is 10.9 Å². The van der Waals surface area contributed by atoms with Crippen LogP contribution in [0, 0.1) is 12.7 Å². The molecule has 1 atom stereocenters. The van der Waals surface area contributed by atoms with Gasteiger partial charge in [-0.3, -0.25) is 4.79 Å². The largest absolute Gasteiger partial charge is 0.363 e. The molecule has 10 heteroatoms. The van der Waals surface area contributed by atoms with Crippen molar-refractivity contribution in [3.63, 3.8) is 0 Å². The summed E-state index contributed by atoms with van der Waals surface area (Å²) in [6.07, 6.45) is -1.23. The van der Waals surface area contributed by atoms with Gasteiger partial charge in [0.25, 0.3) is 12.0 Å². The van der Waals surface area contributed by atoms with Crippen molar-refractivity contribution < 1.29 is 13.2 Å². The van der Waals surface area contributed by atoms with Crippen LogP contribution in [0.15, 0.2) is 35.3 Å². The number of fused-ring (bicyclic) bond motifs is 1. The van der Waals surface area contributed by atoms with Crippen LogP contribution in [0.5, 0.6) is 0 Å². The standard InChI is InChI=1S/C21H23F3N6O/c1-12(14-4-3-5-15(19(14)22)20(23)24)26-21-16-11-30(29-8-6-25-7-9-29)18(31)10-17(16)27-13(2)28-21/h3-5,10-12,20,25H,6-9H2,1-2H3,(H,26,27,28). The van der Waals surface area contributed by atoms with Crippen molar-refractivity contribution in [1.82, 2.24) is 20.0 Å². The molecule has 0 bridgehead atoms. The van der Waals surface area contributed by atoms with Crippen molar-refractivity contribution in [2.75, 3.05) is 36.5 Å². The molecule has 1 aliphatic rings. The van der Waals surface area contributed by atoms with Crippen LogP contribution in [-0.4, -0.2) is 40.8 Å². The van der Waals surface area contributed by atoms with Gasteiger partial charge in [-0.2, -0.15) is 0 Å². The van der Waals surface area contributed by atoms with E-state index in [9.17, 15) is 18.0 Å². The molecule has 2 N–H and O–H groups in total. The number of aromatic nitrogens is 3. The second kappa shape index (κ2) is 8.54. The minimum Gasteiger partial charge on any atom is -0.363 e. The van der Waals surface area contributed by atoms with Gasteiger partial charge in [0.05, 0.1) is 22.5 Å². The Bertz CT molecular complexity index is 1160. The summed E-state index contributed by atoms with van der Waals surface area (Å²) in [5, 5.41) is 8.87. The number of aryl methyl sites for hydroxylation is 1. The van der Waals surface area contributed by atoms with Crippen molar-refractivity contribution in [1.29, 1.82) is 0 Å². The van der Waals surface area contributed by atoms with Crippen molar-refractivity contribution in [2.24, 2.45) is 0 Å². The van der Waals surface area contributed by atoms with E-state index < -0.39 is 23.8 Å². The van der Waals surface area contributed by atoms with Gasteiger partial charge in [-0.15, -0.1) is 0 Å². The Morgan fingerprint density at radius 3 is 2.58 bits per heavy atom. The van der Waals surface area contributed by atoms with E-state index in [4.69, 9.17) is 0 Å². The summed E-state index contributed by atoms with van der Waals surface area (Å²) in [6.45, 7) is 6.22. The van der Waals surface area contributed by atoms with Crippen LogP contribution in [0.2, 0.25) is 0 Å². The zero-order valence-corrected chi connectivity index (χ0v) is 17.2. The number of hydrogen-bond acceptors (Lipinski definition) is 6. The molecular formula is C21H23F3N6O. The third kappa shape index (κ3) is 4.20. The number of piperazine rings is 1. The molecule has 0 spiro atoms. The van der Waals surface area contributed by atoms with Gasteiger partial charge in [-0.1, -0.05) is 18.2 Å². The maximum atomic E-state index is 14.6. The highest BCUT2D eigenvalue weighted by molar-refractivity contribution is 5.88. The van der Waals surface area contributed by atoms with Crippen LogP contribution in [0.1, 0.15) is 36.3 Å². The molecule has 0 amide bonds. The molecule has 1 aliphatic heterocycles. The van der Waals surface area contributed by atoms with Crippen molar-refractivity contribution >= 4 is 16.7 Å². The Morgan fingerprint density at radius 1 is 1.16 bits per heavy atom. The summed E-state index contributed by atoms with van der Waals surface area (Å²) < 4.78 is 42.3.